The van der Waals surface area contributed by atoms with Crippen LogP contribution in [0, 0.1) is 0 Å². The van der Waals surface area contributed by atoms with Crippen molar-refractivity contribution in [3.63, 3.8) is 0 Å². The fourth-order valence-electron chi connectivity index (χ4n) is 4.80. The number of nitrogens with zero attached hydrogens (tertiary/aromatic N) is 2. The third-order valence-electron chi connectivity index (χ3n) is 6.43. The lowest BCUT2D eigenvalue weighted by Crippen LogP contribution is -2.58. The van der Waals surface area contributed by atoms with Crippen molar-refractivity contribution in [1.82, 2.24) is 9.80 Å². The Labute approximate surface area is 193 Å². The van der Waals surface area contributed by atoms with E-state index in [1.54, 1.807) is 29.2 Å². The average Bonchev–Trinajstić information content (AvgIpc) is 2.77. The van der Waals surface area contributed by atoms with Gasteiger partial charge in [0.05, 0.1) is 44.4 Å². The number of likely N-dealkylation sites (tertiary alicyclic amines) is 1. The Kier molecular flexibility index (Phi) is 7.88. The molecule has 4 atom stereocenters. The van der Waals surface area contributed by atoms with Crippen LogP contribution in [0.15, 0.2) is 24.3 Å². The first-order valence-electron chi connectivity index (χ1n) is 11.5. The van der Waals surface area contributed by atoms with Gasteiger partial charge < -0.3 is 29.7 Å². The van der Waals surface area contributed by atoms with E-state index in [2.05, 4.69) is 5.32 Å². The van der Waals surface area contributed by atoms with Gasteiger partial charge in [0.2, 0.25) is 5.91 Å². The molecule has 3 heterocycles. The van der Waals surface area contributed by atoms with E-state index in [1.807, 2.05) is 4.90 Å². The number of hydrogen-bond donors (Lipinski definition) is 2. The molecule has 3 aliphatic heterocycles. The van der Waals surface area contributed by atoms with E-state index in [0.717, 1.165) is 25.9 Å². The largest absolute Gasteiger partial charge is 0.389 e. The van der Waals surface area contributed by atoms with E-state index < -0.39 is 6.10 Å². The maximum atomic E-state index is 13.1. The van der Waals surface area contributed by atoms with Crippen LogP contribution in [0.25, 0.3) is 0 Å². The zero-order chi connectivity index (χ0) is 22.5. The summed E-state index contributed by atoms with van der Waals surface area (Å²) in [7, 11) is 0. The number of benzene rings is 1. The molecular formula is C23H32ClN3O5. The highest BCUT2D eigenvalue weighted by Gasteiger charge is 2.40. The Morgan fingerprint density at radius 2 is 1.97 bits per heavy atom. The van der Waals surface area contributed by atoms with Crippen molar-refractivity contribution in [3.05, 3.63) is 29.3 Å². The molecule has 4 rings (SSSR count). The third-order valence-corrected chi connectivity index (χ3v) is 6.66. The van der Waals surface area contributed by atoms with Crippen molar-refractivity contribution < 1.29 is 24.2 Å². The minimum atomic E-state index is -0.778. The Hall–Kier alpha value is -1.87. The SMILES string of the molecule is O=C(C[C@@H]1CC[C@@H]2[C@H](COC[C@@H](O)CN2C(=O)Nc2cccc(Cl)c2)O1)N1CCCCC1. The van der Waals surface area contributed by atoms with Crippen molar-refractivity contribution >= 4 is 29.2 Å². The summed E-state index contributed by atoms with van der Waals surface area (Å²) in [5.74, 6) is 0.144. The molecule has 0 aliphatic carbocycles. The molecule has 3 fully saturated rings. The van der Waals surface area contributed by atoms with Crippen LogP contribution in [0.5, 0.6) is 0 Å². The molecule has 0 bridgehead atoms. The quantitative estimate of drug-likeness (QED) is 0.716. The van der Waals surface area contributed by atoms with Crippen LogP contribution in [-0.2, 0) is 14.3 Å². The van der Waals surface area contributed by atoms with Gasteiger partial charge in [0.15, 0.2) is 0 Å². The van der Waals surface area contributed by atoms with Gasteiger partial charge in [-0.25, -0.2) is 4.79 Å². The summed E-state index contributed by atoms with van der Waals surface area (Å²) in [5, 5.41) is 13.7. The molecule has 9 heteroatoms. The number of aliphatic hydroxyl groups excluding tert-OH is 1. The predicted molar refractivity (Wildman–Crippen MR) is 121 cm³/mol. The number of amides is 3. The molecular weight excluding hydrogens is 434 g/mol. The first-order chi connectivity index (χ1) is 15.5. The zero-order valence-corrected chi connectivity index (χ0v) is 19.0. The normalized spacial score (nSPS) is 28.9. The second kappa shape index (κ2) is 10.8. The Balaban J connectivity index is 1.41. The number of rotatable bonds is 3. The number of hydrogen-bond acceptors (Lipinski definition) is 5. The van der Waals surface area contributed by atoms with Gasteiger partial charge >= 0.3 is 6.03 Å². The van der Waals surface area contributed by atoms with Crippen molar-refractivity contribution in [2.45, 2.75) is 62.9 Å². The van der Waals surface area contributed by atoms with Gasteiger partial charge in [0.1, 0.15) is 6.10 Å². The maximum Gasteiger partial charge on any atom is 0.322 e. The van der Waals surface area contributed by atoms with Crippen molar-refractivity contribution in [2.24, 2.45) is 0 Å². The van der Waals surface area contributed by atoms with Gasteiger partial charge in [-0.1, -0.05) is 17.7 Å². The number of nitrogens with one attached hydrogen (secondary N) is 1. The van der Waals surface area contributed by atoms with E-state index in [9.17, 15) is 14.7 Å². The second-order valence-corrected chi connectivity index (χ2v) is 9.31. The van der Waals surface area contributed by atoms with E-state index in [4.69, 9.17) is 21.1 Å². The summed E-state index contributed by atoms with van der Waals surface area (Å²) < 4.78 is 11.9. The number of carbonyl (C=O) groups is 2. The molecule has 8 nitrogen and oxygen atoms in total. The van der Waals surface area contributed by atoms with E-state index in [0.29, 0.717) is 30.0 Å². The number of piperidine rings is 1. The highest BCUT2D eigenvalue weighted by atomic mass is 35.5. The predicted octanol–water partition coefficient (Wildman–Crippen LogP) is 2.88. The first kappa shape index (κ1) is 23.3. The number of carbonyl (C=O) groups excluding carboxylic acids is 2. The Morgan fingerprint density at radius 1 is 1.16 bits per heavy atom. The van der Waals surface area contributed by atoms with Crippen LogP contribution in [-0.4, -0.2) is 84.0 Å². The molecule has 176 valence electrons. The summed E-state index contributed by atoms with van der Waals surface area (Å²) in [6.45, 7) is 2.21. The lowest BCUT2D eigenvalue weighted by Gasteiger charge is -2.44. The number of anilines is 1. The molecule has 3 amide bonds. The van der Waals surface area contributed by atoms with Gasteiger partial charge in [-0.2, -0.15) is 0 Å². The summed E-state index contributed by atoms with van der Waals surface area (Å²) >= 11 is 6.04. The standard InChI is InChI=1S/C23H32ClN3O5/c24-16-5-4-6-17(11-16)25-23(30)27-13-18(28)14-31-15-21-20(27)8-7-19(32-21)12-22(29)26-9-2-1-3-10-26/h4-6,11,18-21,28H,1-3,7-10,12-15H2,(H,25,30)/t18-,19-,20+,21-/m0/s1. The molecule has 0 saturated carbocycles. The maximum absolute atomic E-state index is 13.1. The monoisotopic (exact) mass is 465 g/mol. The summed E-state index contributed by atoms with van der Waals surface area (Å²) in [6, 6.07) is 6.40. The first-order valence-corrected chi connectivity index (χ1v) is 11.9. The summed E-state index contributed by atoms with van der Waals surface area (Å²) in [4.78, 5) is 29.4. The molecule has 1 aromatic rings. The van der Waals surface area contributed by atoms with Crippen molar-refractivity contribution in [2.75, 3.05) is 38.2 Å². The molecule has 3 saturated heterocycles. The van der Waals surface area contributed by atoms with Crippen molar-refractivity contribution in [3.8, 4) is 0 Å². The summed E-state index contributed by atoms with van der Waals surface area (Å²) in [6.07, 6.45) is 3.73. The van der Waals surface area contributed by atoms with Gasteiger partial charge in [0.25, 0.3) is 0 Å². The third kappa shape index (κ3) is 5.92. The molecule has 0 radical (unpaired) electrons. The van der Waals surface area contributed by atoms with Crippen LogP contribution in [0.1, 0.15) is 38.5 Å². The highest BCUT2D eigenvalue weighted by Crippen LogP contribution is 2.29. The van der Waals surface area contributed by atoms with Gasteiger partial charge in [-0.05, 0) is 50.3 Å². The Bertz CT molecular complexity index is 804. The molecule has 0 unspecified atom stereocenters. The van der Waals surface area contributed by atoms with Crippen LogP contribution >= 0.6 is 11.6 Å². The molecule has 0 aromatic heterocycles. The molecule has 3 aliphatic rings. The Morgan fingerprint density at radius 3 is 2.75 bits per heavy atom. The number of aliphatic hydroxyl groups is 1. The smallest absolute Gasteiger partial charge is 0.322 e. The van der Waals surface area contributed by atoms with Gasteiger partial charge in [-0.3, -0.25) is 4.79 Å². The highest BCUT2D eigenvalue weighted by molar-refractivity contribution is 6.30. The van der Waals surface area contributed by atoms with E-state index >= 15 is 0 Å². The second-order valence-electron chi connectivity index (χ2n) is 8.87. The number of β-amino-alcohol motifs (C(OH)–C–C–N with tert-alkyl or cyclic N) is 1. The molecule has 1 aromatic carbocycles. The van der Waals surface area contributed by atoms with E-state index in [1.165, 1.54) is 6.42 Å². The number of fused-ring (bicyclic) bond motifs is 1. The van der Waals surface area contributed by atoms with Crippen LogP contribution < -0.4 is 5.32 Å². The molecule has 2 N–H and O–H groups in total. The number of ether oxygens (including phenoxy) is 2. The molecule has 32 heavy (non-hydrogen) atoms. The number of halogens is 1. The van der Waals surface area contributed by atoms with Crippen LogP contribution in [0.3, 0.4) is 0 Å². The lowest BCUT2D eigenvalue weighted by molar-refractivity contribution is -0.154. The van der Waals surface area contributed by atoms with E-state index in [-0.39, 0.29) is 49.9 Å². The van der Waals surface area contributed by atoms with Crippen molar-refractivity contribution in [1.29, 1.82) is 0 Å². The number of urea groups is 1. The molecule has 0 spiro atoms. The van der Waals surface area contributed by atoms with Gasteiger partial charge in [0, 0.05) is 23.8 Å². The fourth-order valence-corrected chi connectivity index (χ4v) is 4.99. The van der Waals surface area contributed by atoms with Gasteiger partial charge in [-0.15, -0.1) is 0 Å². The topological polar surface area (TPSA) is 91.3 Å². The van der Waals surface area contributed by atoms with Crippen LogP contribution in [0.4, 0.5) is 10.5 Å². The summed E-state index contributed by atoms with van der Waals surface area (Å²) in [5.41, 5.74) is 0.591. The zero-order valence-electron chi connectivity index (χ0n) is 18.2. The minimum absolute atomic E-state index is 0.130. The fraction of sp³-hybridized carbons (Fsp3) is 0.652. The average molecular weight is 466 g/mol. The van der Waals surface area contributed by atoms with Crippen LogP contribution in [0.2, 0.25) is 5.02 Å². The lowest BCUT2D eigenvalue weighted by atomic mass is 9.94. The minimum Gasteiger partial charge on any atom is -0.389 e.